The summed E-state index contributed by atoms with van der Waals surface area (Å²) >= 11 is 0. The number of nitrogens with zero attached hydrogens (tertiary/aromatic N) is 3. The molecule has 0 radical (unpaired) electrons. The molecule has 168 valence electrons. The standard InChI is InChI=1S/C24H33N3O3S/c1-18(2)20-6-4-19(5-7-20)16-27(22-8-9-22)24(28)21-10-14-26(15-11-21)31(29,30)23-12-13-25(3)17-23/h4-7,12-13,17-18,21-22H,8-11,14-16H2,1-3H3. The van der Waals surface area contributed by atoms with Crippen molar-refractivity contribution in [1.82, 2.24) is 13.8 Å². The van der Waals surface area contributed by atoms with Crippen LogP contribution in [-0.2, 0) is 28.4 Å². The summed E-state index contributed by atoms with van der Waals surface area (Å²) in [5, 5.41) is 0. The van der Waals surface area contributed by atoms with Gasteiger partial charge in [-0.2, -0.15) is 4.31 Å². The summed E-state index contributed by atoms with van der Waals surface area (Å²) in [5.41, 5.74) is 2.47. The number of carbonyl (C=O) groups excluding carboxylic acids is 1. The number of hydrogen-bond donors (Lipinski definition) is 0. The van der Waals surface area contributed by atoms with Gasteiger partial charge in [0, 0.05) is 51.0 Å². The average molecular weight is 444 g/mol. The van der Waals surface area contributed by atoms with Gasteiger partial charge in [-0.25, -0.2) is 8.42 Å². The van der Waals surface area contributed by atoms with Gasteiger partial charge in [0.25, 0.3) is 0 Å². The fraction of sp³-hybridized carbons (Fsp3) is 0.542. The number of hydrogen-bond acceptors (Lipinski definition) is 3. The minimum atomic E-state index is -3.49. The SMILES string of the molecule is CC(C)c1ccc(CN(C(=O)C2CCN(S(=O)(=O)c3ccn(C)c3)CC2)C2CC2)cc1. The zero-order chi connectivity index (χ0) is 22.2. The van der Waals surface area contributed by atoms with E-state index in [0.717, 1.165) is 18.4 Å². The van der Waals surface area contributed by atoms with Crippen LogP contribution in [0.1, 0.15) is 56.6 Å². The quantitative estimate of drug-likeness (QED) is 0.655. The predicted molar refractivity (Wildman–Crippen MR) is 121 cm³/mol. The number of amides is 1. The average Bonchev–Trinajstić information content (AvgIpc) is 3.51. The Balaban J connectivity index is 1.39. The molecule has 2 heterocycles. The third-order valence-electron chi connectivity index (χ3n) is 6.52. The lowest BCUT2D eigenvalue weighted by molar-refractivity contribution is -0.138. The van der Waals surface area contributed by atoms with Crippen LogP contribution in [-0.4, -0.2) is 47.2 Å². The van der Waals surface area contributed by atoms with Gasteiger partial charge in [0.2, 0.25) is 15.9 Å². The Morgan fingerprint density at radius 2 is 1.71 bits per heavy atom. The second-order valence-corrected chi connectivity index (χ2v) is 11.2. The molecule has 31 heavy (non-hydrogen) atoms. The summed E-state index contributed by atoms with van der Waals surface area (Å²) in [5.74, 6) is 0.581. The molecule has 7 heteroatoms. The van der Waals surface area contributed by atoms with Crippen molar-refractivity contribution in [2.75, 3.05) is 13.1 Å². The predicted octanol–water partition coefficient (Wildman–Crippen LogP) is 3.74. The largest absolute Gasteiger partial charge is 0.356 e. The van der Waals surface area contributed by atoms with Crippen LogP contribution < -0.4 is 0 Å². The smallest absolute Gasteiger partial charge is 0.244 e. The highest BCUT2D eigenvalue weighted by molar-refractivity contribution is 7.89. The van der Waals surface area contributed by atoms with Crippen LogP contribution in [0, 0.1) is 5.92 Å². The van der Waals surface area contributed by atoms with Gasteiger partial charge in [-0.3, -0.25) is 4.79 Å². The number of rotatable bonds is 7. The van der Waals surface area contributed by atoms with Crippen LogP contribution in [0.4, 0.5) is 0 Å². The number of piperidine rings is 1. The van der Waals surface area contributed by atoms with Gasteiger partial charge >= 0.3 is 0 Å². The molecule has 2 fully saturated rings. The highest BCUT2D eigenvalue weighted by Crippen LogP contribution is 2.33. The Bertz CT molecular complexity index is 1010. The first kappa shape index (κ1) is 22.1. The van der Waals surface area contributed by atoms with Crippen molar-refractivity contribution in [3.8, 4) is 0 Å². The van der Waals surface area contributed by atoms with Crippen LogP contribution in [0.25, 0.3) is 0 Å². The normalized spacial score (nSPS) is 18.5. The van der Waals surface area contributed by atoms with Crippen LogP contribution in [0.2, 0.25) is 0 Å². The van der Waals surface area contributed by atoms with Crippen molar-refractivity contribution >= 4 is 15.9 Å². The lowest BCUT2D eigenvalue weighted by atomic mass is 9.96. The summed E-state index contributed by atoms with van der Waals surface area (Å²) < 4.78 is 29.0. The van der Waals surface area contributed by atoms with E-state index in [4.69, 9.17) is 0 Å². The van der Waals surface area contributed by atoms with E-state index in [2.05, 4.69) is 38.1 Å². The van der Waals surface area contributed by atoms with Gasteiger partial charge in [0.15, 0.2) is 0 Å². The van der Waals surface area contributed by atoms with Crippen LogP contribution in [0.15, 0.2) is 47.6 Å². The highest BCUT2D eigenvalue weighted by Gasteiger charge is 2.38. The molecule has 4 rings (SSSR count). The van der Waals surface area contributed by atoms with Crippen molar-refractivity contribution in [3.63, 3.8) is 0 Å². The van der Waals surface area contributed by atoms with E-state index in [-0.39, 0.29) is 11.8 Å². The van der Waals surface area contributed by atoms with E-state index in [1.165, 1.54) is 9.87 Å². The Kier molecular flexibility index (Phi) is 6.26. The van der Waals surface area contributed by atoms with Gasteiger partial charge in [0.05, 0.1) is 4.90 Å². The lowest BCUT2D eigenvalue weighted by Crippen LogP contribution is -2.44. The minimum absolute atomic E-state index is 0.0993. The van der Waals surface area contributed by atoms with Gasteiger partial charge in [-0.1, -0.05) is 38.1 Å². The number of aryl methyl sites for hydroxylation is 1. The first-order valence-electron chi connectivity index (χ1n) is 11.3. The lowest BCUT2D eigenvalue weighted by Gasteiger charge is -2.33. The fourth-order valence-corrected chi connectivity index (χ4v) is 5.86. The molecule has 0 unspecified atom stereocenters. The third-order valence-corrected chi connectivity index (χ3v) is 8.40. The van der Waals surface area contributed by atoms with Crippen LogP contribution in [0.5, 0.6) is 0 Å². The molecule has 1 amide bonds. The van der Waals surface area contributed by atoms with Crippen molar-refractivity contribution in [2.45, 2.75) is 62.9 Å². The summed E-state index contributed by atoms with van der Waals surface area (Å²) in [6, 6.07) is 10.5. The molecule has 2 aromatic rings. The first-order chi connectivity index (χ1) is 14.8. The van der Waals surface area contributed by atoms with Crippen molar-refractivity contribution in [3.05, 3.63) is 53.9 Å². The molecule has 2 aliphatic rings. The molecule has 1 aromatic carbocycles. The molecule has 1 saturated heterocycles. The van der Waals surface area contributed by atoms with E-state index >= 15 is 0 Å². The topological polar surface area (TPSA) is 62.6 Å². The number of aromatic nitrogens is 1. The second kappa shape index (κ2) is 8.79. The van der Waals surface area contributed by atoms with E-state index in [9.17, 15) is 13.2 Å². The monoisotopic (exact) mass is 443 g/mol. The Morgan fingerprint density at radius 3 is 2.23 bits per heavy atom. The Morgan fingerprint density at radius 1 is 1.06 bits per heavy atom. The first-order valence-corrected chi connectivity index (χ1v) is 12.7. The maximum atomic E-state index is 13.3. The molecule has 0 bridgehead atoms. The minimum Gasteiger partial charge on any atom is -0.356 e. The molecule has 0 atom stereocenters. The van der Waals surface area contributed by atoms with Gasteiger partial charge in [0.1, 0.15) is 0 Å². The van der Waals surface area contributed by atoms with E-state index in [1.54, 1.807) is 23.0 Å². The summed E-state index contributed by atoms with van der Waals surface area (Å²) in [4.78, 5) is 15.7. The van der Waals surface area contributed by atoms with Gasteiger partial charge < -0.3 is 9.47 Å². The van der Waals surface area contributed by atoms with E-state index in [1.807, 2.05) is 11.9 Å². The highest BCUT2D eigenvalue weighted by atomic mass is 32.2. The molecular formula is C24H33N3O3S. The number of sulfonamides is 1. The number of carbonyl (C=O) groups is 1. The third kappa shape index (κ3) is 4.88. The zero-order valence-electron chi connectivity index (χ0n) is 18.7. The zero-order valence-corrected chi connectivity index (χ0v) is 19.5. The van der Waals surface area contributed by atoms with Crippen LogP contribution >= 0.6 is 0 Å². The Labute approximate surface area is 185 Å². The fourth-order valence-electron chi connectivity index (χ4n) is 4.33. The molecular weight excluding hydrogens is 410 g/mol. The second-order valence-electron chi connectivity index (χ2n) is 9.28. The molecule has 0 N–H and O–H groups in total. The molecule has 6 nitrogen and oxygen atoms in total. The summed E-state index contributed by atoms with van der Waals surface area (Å²) in [6.45, 7) is 5.80. The molecule has 1 aliphatic heterocycles. The van der Waals surface area contributed by atoms with Crippen LogP contribution in [0.3, 0.4) is 0 Å². The molecule has 0 spiro atoms. The maximum absolute atomic E-state index is 13.3. The van der Waals surface area contributed by atoms with Crippen molar-refractivity contribution in [1.29, 1.82) is 0 Å². The van der Waals surface area contributed by atoms with Gasteiger partial charge in [-0.15, -0.1) is 0 Å². The van der Waals surface area contributed by atoms with Crippen molar-refractivity contribution < 1.29 is 13.2 Å². The van der Waals surface area contributed by atoms with E-state index in [0.29, 0.717) is 49.3 Å². The Hall–Kier alpha value is -2.12. The maximum Gasteiger partial charge on any atom is 0.244 e. The molecule has 1 aromatic heterocycles. The molecule has 1 aliphatic carbocycles. The van der Waals surface area contributed by atoms with E-state index < -0.39 is 10.0 Å². The summed E-state index contributed by atoms with van der Waals surface area (Å²) in [7, 11) is -1.67. The summed E-state index contributed by atoms with van der Waals surface area (Å²) in [6.07, 6.45) is 6.67. The number of benzene rings is 1. The molecule has 1 saturated carbocycles. The van der Waals surface area contributed by atoms with Crippen molar-refractivity contribution in [2.24, 2.45) is 13.0 Å². The van der Waals surface area contributed by atoms with Gasteiger partial charge in [-0.05, 0) is 48.8 Å².